The summed E-state index contributed by atoms with van der Waals surface area (Å²) in [5, 5.41) is 11.6. The summed E-state index contributed by atoms with van der Waals surface area (Å²) in [4.78, 5) is 49.5. The number of benzene rings is 5. The van der Waals surface area contributed by atoms with E-state index in [1.807, 2.05) is 48.5 Å². The molecule has 0 bridgehead atoms. The van der Waals surface area contributed by atoms with Crippen molar-refractivity contribution >= 4 is 108 Å². The summed E-state index contributed by atoms with van der Waals surface area (Å²) in [7, 11) is 0. The number of hydrogen-bond donors (Lipinski definition) is 4. The summed E-state index contributed by atoms with van der Waals surface area (Å²) in [5.41, 5.74) is 2.75. The first-order chi connectivity index (χ1) is 29.2. The Hall–Kier alpha value is -6.46. The van der Waals surface area contributed by atoms with Gasteiger partial charge in [0, 0.05) is 0 Å². The van der Waals surface area contributed by atoms with Gasteiger partial charge in [-0.2, -0.15) is 0 Å². The van der Waals surface area contributed by atoms with Crippen LogP contribution in [0.25, 0.3) is 0 Å². The maximum absolute atomic E-state index is 12.4. The Morgan fingerprint density at radius 3 is 0.650 bits per heavy atom. The van der Waals surface area contributed by atoms with Gasteiger partial charge in [-0.15, -0.1) is 0 Å². The van der Waals surface area contributed by atoms with E-state index in [-0.39, 0.29) is 23.6 Å². The molecule has 4 amide bonds. The van der Waals surface area contributed by atoms with E-state index in [0.717, 1.165) is 0 Å². The van der Waals surface area contributed by atoms with E-state index in [0.29, 0.717) is 22.7 Å². The Morgan fingerprint density at radius 1 is 0.317 bits per heavy atom. The summed E-state index contributed by atoms with van der Waals surface area (Å²) < 4.78 is 7.22. The van der Waals surface area contributed by atoms with Gasteiger partial charge in [-0.05, 0) is 0 Å². The average molecular weight is 1010 g/mol. The first kappa shape index (κ1) is 44.6. The molecule has 5 aromatic carbocycles. The number of carbonyl (C=O) groups is 4. The molecule has 298 valence electrons. The van der Waals surface area contributed by atoms with Gasteiger partial charge in [-0.3, -0.25) is 0 Å². The zero-order chi connectivity index (χ0) is 42.7. The van der Waals surface area contributed by atoms with Crippen LogP contribution in [0, 0.1) is 0 Å². The summed E-state index contributed by atoms with van der Waals surface area (Å²) in [6, 6.07) is 41.0. The molecule has 0 aliphatic carbocycles. The summed E-state index contributed by atoms with van der Waals surface area (Å²) in [5.74, 6) is -0.957. The number of hydrogen-bond acceptors (Lipinski definition) is 4. The van der Waals surface area contributed by atoms with E-state index in [1.165, 1.54) is 45.4 Å². The predicted molar refractivity (Wildman–Crippen MR) is 253 cm³/mol. The number of nitrogens with one attached hydrogen (secondary N) is 4. The molecule has 0 radical (unpaired) electrons. The molecule has 60 heavy (non-hydrogen) atoms. The fourth-order valence-corrected chi connectivity index (χ4v) is 18.5. The molecular weight excluding hydrogens is 964 g/mol. The molecule has 0 heterocycles. The topological polar surface area (TPSA) is 116 Å². The van der Waals surface area contributed by atoms with Crippen LogP contribution in [-0.2, 0) is 19.2 Å². The number of carbonyl (C=O) groups excluding carboxylic acids is 4. The van der Waals surface area contributed by atoms with Crippen molar-refractivity contribution in [3.05, 3.63) is 221 Å². The normalized spacial score (nSPS) is 11.2. The Morgan fingerprint density at radius 2 is 0.483 bits per heavy atom. The zero-order valence-electron chi connectivity index (χ0n) is 32.8. The van der Waals surface area contributed by atoms with E-state index in [9.17, 15) is 19.2 Å². The number of rotatable bonds is 18. The first-order valence-electron chi connectivity index (χ1n) is 18.7. The van der Waals surface area contributed by atoms with Crippen LogP contribution in [0.4, 0.5) is 22.7 Å². The van der Waals surface area contributed by atoms with E-state index in [4.69, 9.17) is 0 Å². The quantitative estimate of drug-likeness (QED) is 0.0532. The second-order valence-corrected chi connectivity index (χ2v) is 25.4. The van der Waals surface area contributed by atoms with E-state index < -0.39 is 40.4 Å². The molecule has 0 unspecified atom stereocenters. The zero-order valence-corrected chi connectivity index (χ0v) is 37.9. The van der Waals surface area contributed by atoms with Gasteiger partial charge in [0.15, 0.2) is 0 Å². The Kier molecular flexibility index (Phi) is 17.3. The van der Waals surface area contributed by atoms with Crippen LogP contribution in [-0.4, -0.2) is 64.0 Å². The molecule has 0 saturated carbocycles. The van der Waals surface area contributed by atoms with Crippen LogP contribution in [0.5, 0.6) is 0 Å². The van der Waals surface area contributed by atoms with Crippen molar-refractivity contribution in [2.75, 3.05) is 21.3 Å². The van der Waals surface area contributed by atoms with Crippen LogP contribution in [0.2, 0.25) is 0 Å². The molecule has 0 aromatic heterocycles. The summed E-state index contributed by atoms with van der Waals surface area (Å²) in [6.45, 7) is 14.5. The van der Waals surface area contributed by atoms with Gasteiger partial charge < -0.3 is 0 Å². The van der Waals surface area contributed by atoms with Gasteiger partial charge in [-0.1, -0.05) is 0 Å². The summed E-state index contributed by atoms with van der Waals surface area (Å²) >= 11 is -5.37. The number of allylic oxidation sites excluding steroid dienone is 8. The molecule has 0 fully saturated rings. The van der Waals surface area contributed by atoms with Crippen LogP contribution < -0.4 is 42.3 Å². The molecule has 0 aliphatic rings. The maximum atomic E-state index is 12.4. The van der Waals surface area contributed by atoms with Gasteiger partial charge >= 0.3 is 369 Å². The van der Waals surface area contributed by atoms with Gasteiger partial charge in [0.05, 0.1) is 0 Å². The van der Waals surface area contributed by atoms with Crippen molar-refractivity contribution in [1.29, 1.82) is 0 Å². The van der Waals surface area contributed by atoms with Crippen molar-refractivity contribution in [3.63, 3.8) is 0 Å². The van der Waals surface area contributed by atoms with Gasteiger partial charge in [0.25, 0.3) is 0 Å². The van der Waals surface area contributed by atoms with Gasteiger partial charge in [-0.25, -0.2) is 0 Å². The third kappa shape index (κ3) is 13.3. The van der Waals surface area contributed by atoms with Gasteiger partial charge in [0.1, 0.15) is 0 Å². The fourth-order valence-electron chi connectivity index (χ4n) is 5.78. The number of amides is 4. The molecule has 0 spiro atoms. The molecule has 0 atom stereocenters. The van der Waals surface area contributed by atoms with Crippen LogP contribution >= 0.6 is 0 Å². The average Bonchev–Trinajstić information content (AvgIpc) is 3.26. The Labute approximate surface area is 366 Å². The Balaban J connectivity index is 1.52. The second-order valence-electron chi connectivity index (χ2n) is 12.7. The van der Waals surface area contributed by atoms with Gasteiger partial charge in [0.2, 0.25) is 0 Å². The van der Waals surface area contributed by atoms with Crippen molar-refractivity contribution < 1.29 is 19.2 Å². The molecule has 5 rings (SSSR count). The summed E-state index contributed by atoms with van der Waals surface area (Å²) in [6.07, 6.45) is 18.3. The second kappa shape index (κ2) is 23.2. The van der Waals surface area contributed by atoms with Crippen molar-refractivity contribution in [2.45, 2.75) is 0 Å². The standard InChI is InChI=1S/4C11H10NO.C6H4.2Sb/c4*1-2-3-9-11(13)12-10-7-5-4-6-8-10;1-2-4-6-5-3-1;;/h4*2-3,5-9H,1H2,(H,12,13);1-2,5-6H;;. The molecule has 8 nitrogen and oxygen atoms in total. The van der Waals surface area contributed by atoms with E-state index >= 15 is 0 Å². The van der Waals surface area contributed by atoms with E-state index in [2.05, 4.69) is 120 Å². The number of anilines is 4. The fraction of sp³-hybridized carbons (Fsp3) is 0. The van der Waals surface area contributed by atoms with E-state index in [1.54, 1.807) is 48.6 Å². The first-order valence-corrected chi connectivity index (χ1v) is 26.4. The molecule has 0 saturated heterocycles. The monoisotopic (exact) mass is 1010 g/mol. The third-order valence-electron chi connectivity index (χ3n) is 8.47. The molecule has 10 heteroatoms. The van der Waals surface area contributed by atoms with Crippen LogP contribution in [0.3, 0.4) is 0 Å². The van der Waals surface area contributed by atoms with Crippen LogP contribution in [0.1, 0.15) is 0 Å². The van der Waals surface area contributed by atoms with Crippen molar-refractivity contribution in [3.8, 4) is 0 Å². The minimum atomic E-state index is -2.69. The third-order valence-corrected chi connectivity index (χ3v) is 22.4. The molecule has 0 aliphatic heterocycles. The SMILES string of the molecule is C=CC=CC(=O)Nc1cc[c]([Sb]([c]2ccc(NC(=O)C=CC=C)cc2)[c]2cc[c]([Sb]([c]3ccc(NC(=O)C=CC=C)cc3)[c]3ccc(NC(=O)C=CC=C)cc3)cc2)cc1. The van der Waals surface area contributed by atoms with Crippen LogP contribution in [0.15, 0.2) is 221 Å². The van der Waals surface area contributed by atoms with Crippen molar-refractivity contribution in [1.82, 2.24) is 0 Å². The predicted octanol–water partition coefficient (Wildman–Crippen LogP) is 5.44. The Bertz CT molecular complexity index is 2130. The molecular formula is C50H44N4O4Sb2. The molecule has 5 aromatic rings. The molecule has 4 N–H and O–H groups in total. The minimum absolute atomic E-state index is 0.239. The van der Waals surface area contributed by atoms with Crippen molar-refractivity contribution in [2.24, 2.45) is 0 Å².